The monoisotopic (exact) mass is 285 g/mol. The molecule has 1 nitrogen and oxygen atoms in total. The number of fused-ring (bicyclic) bond motifs is 1. The average Bonchev–Trinajstić information content (AvgIpc) is 2.83. The third-order valence-electron chi connectivity index (χ3n) is 3.16. The van der Waals surface area contributed by atoms with Crippen molar-refractivity contribution in [1.29, 1.82) is 0 Å². The van der Waals surface area contributed by atoms with Crippen LogP contribution in [0.2, 0.25) is 0 Å². The number of nitrogen functional groups attached to an aromatic ring is 1. The lowest BCUT2D eigenvalue weighted by Gasteiger charge is -2.06. The predicted octanol–water partition coefficient (Wildman–Crippen LogP) is 5.08. The molecule has 0 aliphatic carbocycles. The van der Waals surface area contributed by atoms with Crippen molar-refractivity contribution in [3.63, 3.8) is 0 Å². The second-order valence-corrected chi connectivity index (χ2v) is 6.50. The van der Waals surface area contributed by atoms with Gasteiger partial charge in [0.15, 0.2) is 0 Å². The maximum atomic E-state index is 5.86. The molecule has 0 saturated carbocycles. The highest BCUT2D eigenvalue weighted by Crippen LogP contribution is 2.33. The van der Waals surface area contributed by atoms with Crippen molar-refractivity contribution in [2.24, 2.45) is 0 Å². The third kappa shape index (κ3) is 2.62. The van der Waals surface area contributed by atoms with Gasteiger partial charge in [-0.2, -0.15) is 0 Å². The van der Waals surface area contributed by atoms with E-state index in [0.717, 1.165) is 11.4 Å². The third-order valence-corrected chi connectivity index (χ3v) is 5.38. The van der Waals surface area contributed by atoms with Crippen molar-refractivity contribution >= 4 is 38.9 Å². The molecule has 0 unspecified atom stereocenters. The second kappa shape index (κ2) is 5.27. The maximum Gasteiger partial charge on any atom is 0.0345 e. The molecule has 0 amide bonds. The second-order valence-electron chi connectivity index (χ2n) is 4.57. The van der Waals surface area contributed by atoms with Crippen LogP contribution in [-0.2, 0) is 5.75 Å². The van der Waals surface area contributed by atoms with E-state index in [4.69, 9.17) is 5.73 Å². The van der Waals surface area contributed by atoms with Gasteiger partial charge in [0, 0.05) is 21.0 Å². The molecule has 1 aromatic heterocycles. The van der Waals surface area contributed by atoms with E-state index in [0.29, 0.717) is 0 Å². The minimum absolute atomic E-state index is 0.836. The summed E-state index contributed by atoms with van der Waals surface area (Å²) in [7, 11) is 0. The number of benzene rings is 2. The molecule has 0 spiro atoms. The van der Waals surface area contributed by atoms with Crippen molar-refractivity contribution in [2.45, 2.75) is 17.6 Å². The van der Waals surface area contributed by atoms with E-state index in [1.54, 1.807) is 0 Å². The van der Waals surface area contributed by atoms with Crippen LogP contribution in [0.25, 0.3) is 10.1 Å². The first-order chi connectivity index (χ1) is 9.24. The summed E-state index contributed by atoms with van der Waals surface area (Å²) < 4.78 is 1.36. The predicted molar refractivity (Wildman–Crippen MR) is 87.0 cm³/mol. The first-order valence-electron chi connectivity index (χ1n) is 6.18. The number of thioether (sulfide) groups is 1. The quantitative estimate of drug-likeness (QED) is 0.536. The Morgan fingerprint density at radius 3 is 2.89 bits per heavy atom. The molecule has 0 bridgehead atoms. The van der Waals surface area contributed by atoms with E-state index >= 15 is 0 Å². The molecule has 3 aromatic rings. The topological polar surface area (TPSA) is 26.0 Å². The standard InChI is InChI=1S/C16H15NS2/c1-11-6-7-13(17)8-16(11)19-10-12-9-18-15-5-3-2-4-14(12)15/h2-9H,10,17H2,1H3. The van der Waals surface area contributed by atoms with E-state index < -0.39 is 0 Å². The lowest BCUT2D eigenvalue weighted by molar-refractivity contribution is 1.30. The first kappa shape index (κ1) is 12.6. The summed E-state index contributed by atoms with van der Waals surface area (Å²) in [6.45, 7) is 2.13. The summed E-state index contributed by atoms with van der Waals surface area (Å²) in [4.78, 5) is 1.27. The number of anilines is 1. The summed E-state index contributed by atoms with van der Waals surface area (Å²) in [5, 5.41) is 3.64. The van der Waals surface area contributed by atoms with Gasteiger partial charge in [0.25, 0.3) is 0 Å². The Bertz CT molecular complexity index is 716. The Hall–Kier alpha value is -1.45. The van der Waals surface area contributed by atoms with Crippen LogP contribution in [0.3, 0.4) is 0 Å². The van der Waals surface area contributed by atoms with Crippen LogP contribution in [0.5, 0.6) is 0 Å². The Kier molecular flexibility index (Phi) is 3.49. The zero-order valence-electron chi connectivity index (χ0n) is 10.7. The molecule has 0 radical (unpaired) electrons. The van der Waals surface area contributed by atoms with Crippen LogP contribution < -0.4 is 5.73 Å². The number of hydrogen-bond acceptors (Lipinski definition) is 3. The number of rotatable bonds is 3. The van der Waals surface area contributed by atoms with Crippen molar-refractivity contribution in [1.82, 2.24) is 0 Å². The highest BCUT2D eigenvalue weighted by atomic mass is 32.2. The van der Waals surface area contributed by atoms with E-state index in [1.807, 2.05) is 29.2 Å². The van der Waals surface area contributed by atoms with Crippen LogP contribution in [0.1, 0.15) is 11.1 Å². The average molecular weight is 285 g/mol. The molecule has 0 atom stereocenters. The molecule has 3 rings (SSSR count). The zero-order chi connectivity index (χ0) is 13.2. The van der Waals surface area contributed by atoms with Crippen LogP contribution >= 0.6 is 23.1 Å². The van der Waals surface area contributed by atoms with Crippen molar-refractivity contribution in [2.75, 3.05) is 5.73 Å². The lowest BCUT2D eigenvalue weighted by atomic mass is 10.2. The van der Waals surface area contributed by atoms with Crippen LogP contribution in [0.4, 0.5) is 5.69 Å². The largest absolute Gasteiger partial charge is 0.399 e. The SMILES string of the molecule is Cc1ccc(N)cc1SCc1csc2ccccc12. The van der Waals surface area contributed by atoms with E-state index in [9.17, 15) is 0 Å². The molecular weight excluding hydrogens is 270 g/mol. The number of nitrogens with two attached hydrogens (primary N) is 1. The van der Waals surface area contributed by atoms with Crippen LogP contribution in [-0.4, -0.2) is 0 Å². The molecule has 0 aliphatic rings. The van der Waals surface area contributed by atoms with E-state index in [-0.39, 0.29) is 0 Å². The van der Waals surface area contributed by atoms with Gasteiger partial charge in [-0.1, -0.05) is 24.3 Å². The summed E-state index contributed by atoms with van der Waals surface area (Å²) in [5.74, 6) is 0.994. The molecule has 0 saturated heterocycles. The fourth-order valence-electron chi connectivity index (χ4n) is 2.07. The van der Waals surface area contributed by atoms with Gasteiger partial charge in [-0.25, -0.2) is 0 Å². The number of thiophene rings is 1. The van der Waals surface area contributed by atoms with Crippen LogP contribution in [0.15, 0.2) is 52.7 Å². The van der Waals surface area contributed by atoms with Gasteiger partial charge in [-0.3, -0.25) is 0 Å². The molecule has 19 heavy (non-hydrogen) atoms. The molecule has 0 fully saturated rings. The Balaban J connectivity index is 1.84. The number of hydrogen-bond donors (Lipinski definition) is 1. The molecular formula is C16H15NS2. The van der Waals surface area contributed by atoms with Gasteiger partial charge in [-0.05, 0) is 47.0 Å². The first-order valence-corrected chi connectivity index (χ1v) is 8.04. The molecule has 1 heterocycles. The summed E-state index contributed by atoms with van der Waals surface area (Å²) in [6.07, 6.45) is 0. The van der Waals surface area contributed by atoms with Crippen molar-refractivity contribution < 1.29 is 0 Å². The Labute approximate surface area is 121 Å². The van der Waals surface area contributed by atoms with Gasteiger partial charge in [0.2, 0.25) is 0 Å². The summed E-state index contributed by atoms with van der Waals surface area (Å²) >= 11 is 3.68. The highest BCUT2D eigenvalue weighted by Gasteiger charge is 2.05. The van der Waals surface area contributed by atoms with Gasteiger partial charge in [0.1, 0.15) is 0 Å². The van der Waals surface area contributed by atoms with Gasteiger partial charge in [-0.15, -0.1) is 23.1 Å². The van der Waals surface area contributed by atoms with Gasteiger partial charge < -0.3 is 5.73 Å². The normalized spacial score (nSPS) is 11.0. The van der Waals surface area contributed by atoms with Gasteiger partial charge in [0.05, 0.1) is 0 Å². The fourth-order valence-corrected chi connectivity index (χ4v) is 4.21. The Morgan fingerprint density at radius 1 is 1.16 bits per heavy atom. The number of aryl methyl sites for hydroxylation is 1. The summed E-state index contributed by atoms with van der Waals surface area (Å²) in [6, 6.07) is 14.7. The molecule has 2 N–H and O–H groups in total. The van der Waals surface area contributed by atoms with Crippen LogP contribution in [0, 0.1) is 6.92 Å². The fraction of sp³-hybridized carbons (Fsp3) is 0.125. The van der Waals surface area contributed by atoms with E-state index in [2.05, 4.69) is 48.7 Å². The molecule has 2 aromatic carbocycles. The highest BCUT2D eigenvalue weighted by molar-refractivity contribution is 7.98. The van der Waals surface area contributed by atoms with Crippen molar-refractivity contribution in [3.05, 3.63) is 59.0 Å². The smallest absolute Gasteiger partial charge is 0.0345 e. The lowest BCUT2D eigenvalue weighted by Crippen LogP contribution is -1.87. The Morgan fingerprint density at radius 2 is 2.00 bits per heavy atom. The van der Waals surface area contributed by atoms with Crippen molar-refractivity contribution in [3.8, 4) is 0 Å². The summed E-state index contributed by atoms with van der Waals surface area (Å²) in [5.41, 5.74) is 9.39. The van der Waals surface area contributed by atoms with E-state index in [1.165, 1.54) is 26.1 Å². The van der Waals surface area contributed by atoms with Gasteiger partial charge >= 0.3 is 0 Å². The minimum atomic E-state index is 0.836. The zero-order valence-corrected chi connectivity index (χ0v) is 12.4. The molecule has 0 aliphatic heterocycles. The maximum absolute atomic E-state index is 5.86. The molecule has 3 heteroatoms. The molecule has 96 valence electrons. The minimum Gasteiger partial charge on any atom is -0.399 e.